The Labute approximate surface area is 204 Å². The standard InChI is InChI=1S/C21H18Cl4N4O3/c1-2-3-8-32-18(30)11-26-21(31)29-27-19(14-6-4-12(22)9-16(14)24)20(28-29)15-7-5-13(23)10-17(15)25/h4-7,9-10H,2-3,8,11H2,1H3,(H,26,31). The largest absolute Gasteiger partial charge is 0.464 e. The number of carbonyl (C=O) groups excluding carboxylic acids is 2. The topological polar surface area (TPSA) is 86.1 Å². The highest BCUT2D eigenvalue weighted by Gasteiger charge is 2.22. The number of esters is 1. The molecule has 0 aliphatic carbocycles. The summed E-state index contributed by atoms with van der Waals surface area (Å²) in [6.07, 6.45) is 1.64. The van der Waals surface area contributed by atoms with E-state index in [-0.39, 0.29) is 6.54 Å². The van der Waals surface area contributed by atoms with Crippen LogP contribution in [-0.2, 0) is 9.53 Å². The lowest BCUT2D eigenvalue weighted by Gasteiger charge is -2.06. The predicted molar refractivity (Wildman–Crippen MR) is 126 cm³/mol. The van der Waals surface area contributed by atoms with Crippen molar-refractivity contribution in [1.29, 1.82) is 0 Å². The monoisotopic (exact) mass is 514 g/mol. The van der Waals surface area contributed by atoms with Crippen molar-refractivity contribution in [3.8, 4) is 22.5 Å². The highest BCUT2D eigenvalue weighted by Crippen LogP contribution is 2.38. The number of aromatic nitrogens is 3. The van der Waals surface area contributed by atoms with E-state index in [0.29, 0.717) is 49.2 Å². The van der Waals surface area contributed by atoms with E-state index in [1.54, 1.807) is 36.4 Å². The quantitative estimate of drug-likeness (QED) is 0.302. The number of unbranched alkanes of at least 4 members (excludes halogenated alkanes) is 1. The minimum Gasteiger partial charge on any atom is -0.464 e. The summed E-state index contributed by atoms with van der Waals surface area (Å²) >= 11 is 24.7. The van der Waals surface area contributed by atoms with Crippen molar-refractivity contribution in [2.24, 2.45) is 0 Å². The number of nitrogens with zero attached hydrogens (tertiary/aromatic N) is 3. The Hall–Kier alpha value is -2.32. The number of ether oxygens (including phenoxy) is 1. The third-order valence-corrected chi connectivity index (χ3v) is 5.41. The molecule has 0 fully saturated rings. The van der Waals surface area contributed by atoms with E-state index in [4.69, 9.17) is 51.1 Å². The van der Waals surface area contributed by atoms with E-state index < -0.39 is 12.0 Å². The molecule has 168 valence electrons. The van der Waals surface area contributed by atoms with Crippen LogP contribution in [-0.4, -0.2) is 40.1 Å². The number of hydrogen-bond acceptors (Lipinski definition) is 5. The van der Waals surface area contributed by atoms with Crippen molar-refractivity contribution in [1.82, 2.24) is 20.3 Å². The summed E-state index contributed by atoms with van der Waals surface area (Å²) in [4.78, 5) is 25.2. The highest BCUT2D eigenvalue weighted by molar-refractivity contribution is 6.37. The van der Waals surface area contributed by atoms with Crippen LogP contribution in [0.15, 0.2) is 36.4 Å². The molecule has 7 nitrogen and oxygen atoms in total. The normalized spacial score (nSPS) is 10.8. The SMILES string of the molecule is CCCCOC(=O)CNC(=O)n1nc(-c2ccc(Cl)cc2Cl)c(-c2ccc(Cl)cc2Cl)n1. The first-order chi connectivity index (χ1) is 15.3. The molecular formula is C21H18Cl4N4O3. The first-order valence-electron chi connectivity index (χ1n) is 9.62. The van der Waals surface area contributed by atoms with Crippen molar-refractivity contribution in [3.05, 3.63) is 56.5 Å². The second kappa shape index (κ2) is 11.0. The smallest absolute Gasteiger partial charge is 0.359 e. The predicted octanol–water partition coefficient (Wildman–Crippen LogP) is 6.13. The van der Waals surface area contributed by atoms with Crippen LogP contribution in [0, 0.1) is 0 Å². The molecule has 0 unspecified atom stereocenters. The number of hydrogen-bond donors (Lipinski definition) is 1. The summed E-state index contributed by atoms with van der Waals surface area (Å²) in [6, 6.07) is 8.99. The molecule has 1 N–H and O–H groups in total. The van der Waals surface area contributed by atoms with Gasteiger partial charge in [0, 0.05) is 21.2 Å². The van der Waals surface area contributed by atoms with Gasteiger partial charge in [0.25, 0.3) is 0 Å². The molecule has 0 bridgehead atoms. The fourth-order valence-electron chi connectivity index (χ4n) is 2.72. The van der Waals surface area contributed by atoms with Crippen LogP contribution >= 0.6 is 46.4 Å². The van der Waals surface area contributed by atoms with Gasteiger partial charge in [0.1, 0.15) is 17.9 Å². The maximum atomic E-state index is 12.6. The average molecular weight is 516 g/mol. The van der Waals surface area contributed by atoms with Gasteiger partial charge in [-0.15, -0.1) is 10.2 Å². The fraction of sp³-hybridized carbons (Fsp3) is 0.238. The molecule has 3 aromatic rings. The molecule has 11 heteroatoms. The second-order valence-corrected chi connectivity index (χ2v) is 8.35. The molecule has 2 aromatic carbocycles. The van der Waals surface area contributed by atoms with Gasteiger partial charge in [-0.25, -0.2) is 4.79 Å². The van der Waals surface area contributed by atoms with Crippen molar-refractivity contribution < 1.29 is 14.3 Å². The molecule has 0 saturated carbocycles. The van der Waals surface area contributed by atoms with Crippen molar-refractivity contribution in [2.45, 2.75) is 19.8 Å². The van der Waals surface area contributed by atoms with Crippen LogP contribution in [0.2, 0.25) is 20.1 Å². The number of benzene rings is 2. The first-order valence-corrected chi connectivity index (χ1v) is 11.1. The summed E-state index contributed by atoms with van der Waals surface area (Å²) in [7, 11) is 0. The summed E-state index contributed by atoms with van der Waals surface area (Å²) in [5, 5.41) is 12.5. The lowest BCUT2D eigenvalue weighted by molar-refractivity contribution is -0.142. The van der Waals surface area contributed by atoms with Crippen molar-refractivity contribution >= 4 is 58.4 Å². The zero-order valence-electron chi connectivity index (χ0n) is 16.9. The Morgan fingerprint density at radius 3 is 1.94 bits per heavy atom. The maximum Gasteiger partial charge on any atom is 0.359 e. The molecule has 1 aromatic heterocycles. The van der Waals surface area contributed by atoms with Crippen molar-refractivity contribution in [2.75, 3.05) is 13.2 Å². The minimum atomic E-state index is -0.722. The van der Waals surface area contributed by atoms with Gasteiger partial charge >= 0.3 is 12.0 Å². The van der Waals surface area contributed by atoms with Crippen LogP contribution in [0.3, 0.4) is 0 Å². The molecule has 0 atom stereocenters. The molecule has 0 saturated heterocycles. The third-order valence-electron chi connectivity index (χ3n) is 4.31. The minimum absolute atomic E-state index is 0.295. The van der Waals surface area contributed by atoms with Gasteiger partial charge in [0.05, 0.1) is 16.7 Å². The van der Waals surface area contributed by atoms with Crippen LogP contribution in [0.1, 0.15) is 19.8 Å². The summed E-state index contributed by atoms with van der Waals surface area (Å²) in [6.45, 7) is 1.95. The number of nitrogens with one attached hydrogen (secondary N) is 1. The zero-order chi connectivity index (χ0) is 23.3. The molecule has 32 heavy (non-hydrogen) atoms. The lowest BCUT2D eigenvalue weighted by atomic mass is 10.0. The average Bonchev–Trinajstić information content (AvgIpc) is 3.17. The molecule has 1 heterocycles. The third kappa shape index (κ3) is 5.92. The van der Waals surface area contributed by atoms with Gasteiger partial charge in [-0.1, -0.05) is 64.5 Å². The molecule has 0 spiro atoms. The Bertz CT molecular complexity index is 1080. The highest BCUT2D eigenvalue weighted by atomic mass is 35.5. The van der Waals surface area contributed by atoms with Crippen LogP contribution in [0.4, 0.5) is 4.79 Å². The van der Waals surface area contributed by atoms with E-state index in [0.717, 1.165) is 17.6 Å². The molecule has 0 aliphatic heterocycles. The van der Waals surface area contributed by atoms with Gasteiger partial charge in [0.15, 0.2) is 0 Å². The van der Waals surface area contributed by atoms with Crippen LogP contribution in [0.5, 0.6) is 0 Å². The van der Waals surface area contributed by atoms with Gasteiger partial charge in [-0.2, -0.15) is 0 Å². The number of halogens is 4. The van der Waals surface area contributed by atoms with Gasteiger partial charge in [-0.3, -0.25) is 4.79 Å². The van der Waals surface area contributed by atoms with Crippen LogP contribution in [0.25, 0.3) is 22.5 Å². The Morgan fingerprint density at radius 1 is 0.938 bits per heavy atom. The molecule has 3 rings (SSSR count). The summed E-state index contributed by atoms with van der Waals surface area (Å²) < 4.78 is 5.03. The maximum absolute atomic E-state index is 12.6. The van der Waals surface area contributed by atoms with Crippen molar-refractivity contribution in [3.63, 3.8) is 0 Å². The van der Waals surface area contributed by atoms with E-state index in [1.807, 2.05) is 6.92 Å². The molecule has 1 amide bonds. The number of rotatable bonds is 7. The Morgan fingerprint density at radius 2 is 1.47 bits per heavy atom. The Kier molecular flexibility index (Phi) is 8.37. The number of carbonyl (C=O) groups is 2. The summed E-state index contributed by atoms with van der Waals surface area (Å²) in [5.41, 5.74) is 1.60. The summed E-state index contributed by atoms with van der Waals surface area (Å²) in [5.74, 6) is -0.555. The lowest BCUT2D eigenvalue weighted by Crippen LogP contribution is -2.35. The zero-order valence-corrected chi connectivity index (χ0v) is 19.9. The molecular weight excluding hydrogens is 498 g/mol. The first kappa shape index (κ1) is 24.3. The van der Waals surface area contributed by atoms with E-state index in [9.17, 15) is 9.59 Å². The van der Waals surface area contributed by atoms with E-state index in [1.165, 1.54) is 0 Å². The van der Waals surface area contributed by atoms with E-state index >= 15 is 0 Å². The van der Waals surface area contributed by atoms with Crippen LogP contribution < -0.4 is 5.32 Å². The van der Waals surface area contributed by atoms with E-state index in [2.05, 4.69) is 15.5 Å². The van der Waals surface area contributed by atoms with Gasteiger partial charge < -0.3 is 10.1 Å². The van der Waals surface area contributed by atoms with Gasteiger partial charge in [-0.05, 0) is 42.8 Å². The molecule has 0 radical (unpaired) electrons. The number of amides is 1. The second-order valence-electron chi connectivity index (χ2n) is 6.67. The molecule has 0 aliphatic rings. The Balaban J connectivity index is 1.94. The fourth-order valence-corrected chi connectivity index (χ4v) is 3.72. The van der Waals surface area contributed by atoms with Gasteiger partial charge in [0.2, 0.25) is 0 Å².